The molecule has 2 heterocycles. The number of H-pyrrole nitrogens is 1. The molecule has 4 N–H and O–H groups in total. The average Bonchev–Trinajstić information content (AvgIpc) is 2.59. The highest BCUT2D eigenvalue weighted by Crippen LogP contribution is 2.27. The summed E-state index contributed by atoms with van der Waals surface area (Å²) in [4.78, 5) is 24.9. The van der Waals surface area contributed by atoms with Gasteiger partial charge in [-0.25, -0.2) is 4.79 Å². The van der Waals surface area contributed by atoms with Crippen LogP contribution in [0.5, 0.6) is 0 Å². The van der Waals surface area contributed by atoms with Gasteiger partial charge in [-0.15, -0.1) is 0 Å². The second-order valence-corrected chi connectivity index (χ2v) is 4.14. The number of nitrogens with zero attached hydrogens (tertiary/aromatic N) is 1. The van der Waals surface area contributed by atoms with E-state index in [1.165, 1.54) is 10.6 Å². The highest BCUT2D eigenvalue weighted by Gasteiger charge is 2.35. The highest BCUT2D eigenvalue weighted by molar-refractivity contribution is 5.01. The first-order valence-corrected chi connectivity index (χ1v) is 5.39. The standard InChI is InChI=1S/C10H15N3O4/c1-5-2-8(15)12-10(16)13(5)9-7(14)3-6(4-11)17-9/h2,6-7,9,14H,3-4,11H2,1H3,(H,12,15,16). The van der Waals surface area contributed by atoms with Gasteiger partial charge in [-0.1, -0.05) is 0 Å². The fourth-order valence-electron chi connectivity index (χ4n) is 2.05. The molecule has 0 saturated carbocycles. The number of hydrogen-bond donors (Lipinski definition) is 3. The fourth-order valence-corrected chi connectivity index (χ4v) is 2.05. The average molecular weight is 241 g/mol. The third-order valence-corrected chi connectivity index (χ3v) is 2.85. The zero-order chi connectivity index (χ0) is 12.6. The van der Waals surface area contributed by atoms with Crippen LogP contribution in [0.3, 0.4) is 0 Å². The lowest BCUT2D eigenvalue weighted by atomic mass is 10.2. The van der Waals surface area contributed by atoms with E-state index in [2.05, 4.69) is 4.98 Å². The van der Waals surface area contributed by atoms with Crippen LogP contribution in [0.25, 0.3) is 0 Å². The molecule has 3 atom stereocenters. The number of aliphatic hydroxyl groups is 1. The van der Waals surface area contributed by atoms with Crippen LogP contribution in [0.2, 0.25) is 0 Å². The van der Waals surface area contributed by atoms with Crippen molar-refractivity contribution < 1.29 is 9.84 Å². The van der Waals surface area contributed by atoms with Crippen LogP contribution in [0.1, 0.15) is 18.3 Å². The fraction of sp³-hybridized carbons (Fsp3) is 0.600. The van der Waals surface area contributed by atoms with Crippen molar-refractivity contribution in [2.75, 3.05) is 6.54 Å². The lowest BCUT2D eigenvalue weighted by Gasteiger charge is -2.19. The molecule has 7 nitrogen and oxygen atoms in total. The van der Waals surface area contributed by atoms with Crippen molar-refractivity contribution in [1.82, 2.24) is 9.55 Å². The summed E-state index contributed by atoms with van der Waals surface area (Å²) in [5.41, 5.74) is 4.85. The minimum atomic E-state index is -0.800. The van der Waals surface area contributed by atoms with E-state index in [9.17, 15) is 14.7 Å². The molecule has 7 heteroatoms. The van der Waals surface area contributed by atoms with Gasteiger partial charge in [0.2, 0.25) is 0 Å². The molecular weight excluding hydrogens is 226 g/mol. The molecule has 1 aliphatic rings. The zero-order valence-electron chi connectivity index (χ0n) is 9.42. The largest absolute Gasteiger partial charge is 0.388 e. The Morgan fingerprint density at radius 1 is 1.65 bits per heavy atom. The summed E-state index contributed by atoms with van der Waals surface area (Å²) >= 11 is 0. The van der Waals surface area contributed by atoms with Gasteiger partial charge in [0.15, 0.2) is 6.23 Å². The third-order valence-electron chi connectivity index (χ3n) is 2.85. The first-order chi connectivity index (χ1) is 8.02. The Balaban J connectivity index is 2.42. The Morgan fingerprint density at radius 2 is 2.35 bits per heavy atom. The Morgan fingerprint density at radius 3 is 2.88 bits per heavy atom. The Hall–Kier alpha value is -1.44. The molecule has 2 rings (SSSR count). The number of nitrogens with one attached hydrogen (secondary N) is 1. The van der Waals surface area contributed by atoms with Crippen LogP contribution in [-0.4, -0.2) is 33.4 Å². The Bertz CT molecular complexity index is 521. The van der Waals surface area contributed by atoms with Crippen molar-refractivity contribution in [2.45, 2.75) is 31.8 Å². The molecule has 3 unspecified atom stereocenters. The second kappa shape index (κ2) is 4.44. The molecule has 0 amide bonds. The molecule has 0 radical (unpaired) electrons. The van der Waals surface area contributed by atoms with Gasteiger partial charge in [-0.2, -0.15) is 0 Å². The van der Waals surface area contributed by atoms with Gasteiger partial charge < -0.3 is 15.6 Å². The number of aliphatic hydroxyl groups excluding tert-OH is 1. The van der Waals surface area contributed by atoms with Crippen molar-refractivity contribution in [3.8, 4) is 0 Å². The van der Waals surface area contributed by atoms with Gasteiger partial charge in [-0.05, 0) is 6.92 Å². The van der Waals surface area contributed by atoms with Gasteiger partial charge in [0, 0.05) is 24.7 Å². The van der Waals surface area contributed by atoms with E-state index in [1.807, 2.05) is 0 Å². The van der Waals surface area contributed by atoms with Gasteiger partial charge in [0.25, 0.3) is 5.56 Å². The number of aryl methyl sites for hydroxylation is 1. The van der Waals surface area contributed by atoms with E-state index in [0.29, 0.717) is 12.1 Å². The summed E-state index contributed by atoms with van der Waals surface area (Å²) in [6, 6.07) is 1.28. The van der Waals surface area contributed by atoms with Crippen LogP contribution >= 0.6 is 0 Å². The number of rotatable bonds is 2. The maximum atomic E-state index is 11.7. The van der Waals surface area contributed by atoms with Gasteiger partial charge in [-0.3, -0.25) is 14.3 Å². The normalized spacial score (nSPS) is 28.5. The first-order valence-electron chi connectivity index (χ1n) is 5.39. The smallest absolute Gasteiger partial charge is 0.330 e. The van der Waals surface area contributed by atoms with E-state index >= 15 is 0 Å². The molecule has 1 fully saturated rings. The van der Waals surface area contributed by atoms with E-state index in [0.717, 1.165) is 0 Å². The monoisotopic (exact) mass is 241 g/mol. The predicted molar refractivity (Wildman–Crippen MR) is 59.6 cm³/mol. The van der Waals surface area contributed by atoms with Gasteiger partial charge >= 0.3 is 5.69 Å². The molecular formula is C10H15N3O4. The van der Waals surface area contributed by atoms with Crippen molar-refractivity contribution >= 4 is 0 Å². The zero-order valence-corrected chi connectivity index (χ0v) is 9.42. The molecule has 1 aliphatic heterocycles. The number of hydrogen-bond acceptors (Lipinski definition) is 5. The lowest BCUT2D eigenvalue weighted by molar-refractivity contribution is -0.0383. The molecule has 0 aromatic carbocycles. The van der Waals surface area contributed by atoms with Gasteiger partial charge in [0.1, 0.15) is 6.10 Å². The van der Waals surface area contributed by atoms with Crippen molar-refractivity contribution in [3.05, 3.63) is 32.6 Å². The highest BCUT2D eigenvalue weighted by atomic mass is 16.5. The molecule has 94 valence electrons. The van der Waals surface area contributed by atoms with Crippen LogP contribution in [0.15, 0.2) is 15.7 Å². The SMILES string of the molecule is Cc1cc(=O)[nH]c(=O)n1C1OC(CN)CC1O. The van der Waals surface area contributed by atoms with Gasteiger partial charge in [0.05, 0.1) is 6.10 Å². The van der Waals surface area contributed by atoms with Crippen molar-refractivity contribution in [2.24, 2.45) is 5.73 Å². The summed E-state index contributed by atoms with van der Waals surface area (Å²) in [7, 11) is 0. The molecule has 0 aliphatic carbocycles. The molecule has 1 aromatic rings. The third kappa shape index (κ3) is 2.17. The molecule has 1 saturated heterocycles. The van der Waals surface area contributed by atoms with E-state index in [1.54, 1.807) is 6.92 Å². The van der Waals surface area contributed by atoms with Crippen LogP contribution in [0, 0.1) is 6.92 Å². The summed E-state index contributed by atoms with van der Waals surface area (Å²) in [6.45, 7) is 1.90. The van der Waals surface area contributed by atoms with E-state index in [-0.39, 0.29) is 12.6 Å². The van der Waals surface area contributed by atoms with Crippen molar-refractivity contribution in [1.29, 1.82) is 0 Å². The van der Waals surface area contributed by atoms with E-state index < -0.39 is 23.6 Å². The summed E-state index contributed by atoms with van der Waals surface area (Å²) in [5, 5.41) is 9.83. The Kier molecular flexibility index (Phi) is 3.14. The summed E-state index contributed by atoms with van der Waals surface area (Å²) < 4.78 is 6.71. The number of ether oxygens (including phenoxy) is 1. The molecule has 1 aromatic heterocycles. The number of aromatic amines is 1. The molecule has 0 bridgehead atoms. The topological polar surface area (TPSA) is 110 Å². The minimum Gasteiger partial charge on any atom is -0.388 e. The first kappa shape index (κ1) is 12.0. The van der Waals surface area contributed by atoms with E-state index in [4.69, 9.17) is 10.5 Å². The quantitative estimate of drug-likeness (QED) is 0.580. The lowest BCUT2D eigenvalue weighted by Crippen LogP contribution is -2.37. The molecule has 0 spiro atoms. The summed E-state index contributed by atoms with van der Waals surface area (Å²) in [6.07, 6.45) is -1.47. The summed E-state index contributed by atoms with van der Waals surface area (Å²) in [5.74, 6) is 0. The number of aromatic nitrogens is 2. The van der Waals surface area contributed by atoms with Crippen LogP contribution < -0.4 is 17.0 Å². The molecule has 17 heavy (non-hydrogen) atoms. The van der Waals surface area contributed by atoms with Crippen LogP contribution in [-0.2, 0) is 4.74 Å². The number of nitrogens with two attached hydrogens (primary N) is 1. The van der Waals surface area contributed by atoms with Crippen molar-refractivity contribution in [3.63, 3.8) is 0 Å². The van der Waals surface area contributed by atoms with Crippen LogP contribution in [0.4, 0.5) is 0 Å². The second-order valence-electron chi connectivity index (χ2n) is 4.14. The minimum absolute atomic E-state index is 0.270. The maximum Gasteiger partial charge on any atom is 0.330 e. The maximum absolute atomic E-state index is 11.7. The Labute approximate surface area is 96.8 Å². The predicted octanol–water partition coefficient (Wildman–Crippen LogP) is -1.55.